The number of benzene rings is 2. The van der Waals surface area contributed by atoms with Gasteiger partial charge in [0.25, 0.3) is 10.0 Å². The Morgan fingerprint density at radius 2 is 1.90 bits per heavy atom. The third-order valence-corrected chi connectivity index (χ3v) is 6.21. The maximum absolute atomic E-state index is 12.9. The lowest BCUT2D eigenvalue weighted by Crippen LogP contribution is -2.27. The van der Waals surface area contributed by atoms with E-state index in [2.05, 4.69) is 4.72 Å². The molecule has 2 aromatic rings. The second-order valence-corrected chi connectivity index (χ2v) is 8.48. The van der Waals surface area contributed by atoms with Crippen LogP contribution in [-0.2, 0) is 26.0 Å². The average Bonchev–Trinajstić information content (AvgIpc) is 3.12. The first-order chi connectivity index (χ1) is 13.8. The zero-order valence-electron chi connectivity index (χ0n) is 16.7. The van der Waals surface area contributed by atoms with Crippen molar-refractivity contribution < 1.29 is 22.7 Å². The fraction of sp³-hybridized carbons (Fsp3) is 0.333. The van der Waals surface area contributed by atoms with Gasteiger partial charge in [0, 0.05) is 18.7 Å². The Kier molecular flexibility index (Phi) is 5.93. The number of aryl methyl sites for hydroxylation is 1. The van der Waals surface area contributed by atoms with Crippen molar-refractivity contribution in [3.05, 3.63) is 53.1 Å². The molecule has 2 aromatic carbocycles. The van der Waals surface area contributed by atoms with E-state index in [1.807, 2.05) is 0 Å². The highest BCUT2D eigenvalue weighted by atomic mass is 32.2. The van der Waals surface area contributed by atoms with Gasteiger partial charge in [-0.3, -0.25) is 9.52 Å². The minimum absolute atomic E-state index is 0.0230. The van der Waals surface area contributed by atoms with E-state index in [9.17, 15) is 18.0 Å². The summed E-state index contributed by atoms with van der Waals surface area (Å²) in [5.41, 5.74) is 2.97. The van der Waals surface area contributed by atoms with Crippen LogP contribution in [0.2, 0.25) is 0 Å². The van der Waals surface area contributed by atoms with Crippen molar-refractivity contribution in [3.8, 4) is 0 Å². The van der Waals surface area contributed by atoms with E-state index in [4.69, 9.17) is 4.74 Å². The van der Waals surface area contributed by atoms with E-state index in [1.165, 1.54) is 12.1 Å². The molecule has 0 saturated carbocycles. The molecule has 8 heteroatoms. The molecule has 7 nitrogen and oxygen atoms in total. The van der Waals surface area contributed by atoms with Gasteiger partial charge in [0.15, 0.2) is 0 Å². The molecule has 3 rings (SSSR count). The van der Waals surface area contributed by atoms with Crippen LogP contribution in [0.25, 0.3) is 0 Å². The van der Waals surface area contributed by atoms with E-state index in [-0.39, 0.29) is 17.4 Å². The summed E-state index contributed by atoms with van der Waals surface area (Å²) in [4.78, 5) is 25.7. The smallest absolute Gasteiger partial charge is 0.338 e. The van der Waals surface area contributed by atoms with Gasteiger partial charge >= 0.3 is 5.97 Å². The Balaban J connectivity index is 1.84. The molecule has 1 aliphatic rings. The molecule has 1 aliphatic heterocycles. The fourth-order valence-corrected chi connectivity index (χ4v) is 4.50. The Hall–Kier alpha value is -2.87. The van der Waals surface area contributed by atoms with Crippen molar-refractivity contribution in [2.75, 3.05) is 22.8 Å². The number of fused-ring (bicyclic) bond motifs is 1. The molecule has 29 heavy (non-hydrogen) atoms. The van der Waals surface area contributed by atoms with Crippen LogP contribution in [0, 0.1) is 6.92 Å². The lowest BCUT2D eigenvalue weighted by molar-refractivity contribution is -0.118. The van der Waals surface area contributed by atoms with Crippen molar-refractivity contribution in [2.24, 2.45) is 0 Å². The maximum atomic E-state index is 12.9. The minimum Gasteiger partial charge on any atom is -0.462 e. The summed E-state index contributed by atoms with van der Waals surface area (Å²) in [7, 11) is -3.81. The summed E-state index contributed by atoms with van der Waals surface area (Å²) in [5.74, 6) is -0.426. The summed E-state index contributed by atoms with van der Waals surface area (Å²) < 4.78 is 33.3. The number of esters is 1. The van der Waals surface area contributed by atoms with Crippen molar-refractivity contribution in [1.29, 1.82) is 0 Å². The first-order valence-corrected chi connectivity index (χ1v) is 11.0. The number of sulfonamides is 1. The SMILES string of the molecule is CCOC(=O)c1ccc(NS(=O)(=O)c2ccc3c(c2)CCN3C(=O)CC)c(C)c1. The molecule has 1 heterocycles. The molecular formula is C21H24N2O5S. The van der Waals surface area contributed by atoms with E-state index in [0.717, 1.165) is 11.3 Å². The minimum atomic E-state index is -3.81. The van der Waals surface area contributed by atoms with Crippen LogP contribution in [0.4, 0.5) is 11.4 Å². The summed E-state index contributed by atoms with van der Waals surface area (Å²) in [5, 5.41) is 0. The number of nitrogens with one attached hydrogen (secondary N) is 1. The number of hydrogen-bond acceptors (Lipinski definition) is 5. The van der Waals surface area contributed by atoms with Gasteiger partial charge in [0.05, 0.1) is 22.8 Å². The zero-order valence-corrected chi connectivity index (χ0v) is 17.5. The first kappa shape index (κ1) is 20.9. The van der Waals surface area contributed by atoms with E-state index >= 15 is 0 Å². The lowest BCUT2D eigenvalue weighted by Gasteiger charge is -2.17. The normalized spacial score (nSPS) is 13.1. The third kappa shape index (κ3) is 4.27. The van der Waals surface area contributed by atoms with Gasteiger partial charge in [-0.15, -0.1) is 0 Å². The standard InChI is InChI=1S/C21H24N2O5S/c1-4-20(24)23-11-10-15-13-17(7-9-19(15)23)29(26,27)22-18-8-6-16(12-14(18)3)21(25)28-5-2/h6-9,12-13,22H,4-5,10-11H2,1-3H3. The fourth-order valence-electron chi connectivity index (χ4n) is 3.32. The van der Waals surface area contributed by atoms with Crippen molar-refractivity contribution in [1.82, 2.24) is 0 Å². The number of ether oxygens (including phenoxy) is 1. The monoisotopic (exact) mass is 416 g/mol. The molecule has 1 N–H and O–H groups in total. The highest BCUT2D eigenvalue weighted by Crippen LogP contribution is 2.31. The summed E-state index contributed by atoms with van der Waals surface area (Å²) in [6.07, 6.45) is 1.03. The van der Waals surface area contributed by atoms with Crippen LogP contribution < -0.4 is 9.62 Å². The second-order valence-electron chi connectivity index (χ2n) is 6.80. The quantitative estimate of drug-likeness (QED) is 0.730. The number of anilines is 2. The Morgan fingerprint density at radius 1 is 1.14 bits per heavy atom. The summed E-state index contributed by atoms with van der Waals surface area (Å²) in [6, 6.07) is 9.47. The van der Waals surface area contributed by atoms with Crippen LogP contribution in [0.1, 0.15) is 41.8 Å². The van der Waals surface area contributed by atoms with Crippen LogP contribution in [0.3, 0.4) is 0 Å². The summed E-state index contributed by atoms with van der Waals surface area (Å²) in [6.45, 7) is 6.08. The topological polar surface area (TPSA) is 92.8 Å². The molecule has 0 radical (unpaired) electrons. The van der Waals surface area contributed by atoms with Crippen molar-refractivity contribution in [3.63, 3.8) is 0 Å². The molecule has 154 valence electrons. The molecule has 0 aliphatic carbocycles. The Bertz CT molecular complexity index is 1060. The van der Waals surface area contributed by atoms with E-state index in [1.54, 1.807) is 49.9 Å². The molecule has 1 amide bonds. The highest BCUT2D eigenvalue weighted by Gasteiger charge is 2.26. The van der Waals surface area contributed by atoms with Gasteiger partial charge in [-0.05, 0) is 67.8 Å². The first-order valence-electron chi connectivity index (χ1n) is 9.50. The number of nitrogens with zero attached hydrogens (tertiary/aromatic N) is 1. The third-order valence-electron chi connectivity index (χ3n) is 4.84. The average molecular weight is 416 g/mol. The maximum Gasteiger partial charge on any atom is 0.338 e. The van der Waals surface area contributed by atoms with Gasteiger partial charge in [0.1, 0.15) is 0 Å². The largest absolute Gasteiger partial charge is 0.462 e. The molecule has 0 aromatic heterocycles. The molecule has 0 fully saturated rings. The number of carbonyl (C=O) groups is 2. The number of amides is 1. The van der Waals surface area contributed by atoms with Crippen LogP contribution in [0.15, 0.2) is 41.3 Å². The Labute approximate surface area is 170 Å². The second kappa shape index (κ2) is 8.24. The van der Waals surface area contributed by atoms with Gasteiger partial charge in [-0.2, -0.15) is 0 Å². The molecular weight excluding hydrogens is 392 g/mol. The predicted molar refractivity (Wildman–Crippen MR) is 111 cm³/mol. The molecule has 0 unspecified atom stereocenters. The van der Waals surface area contributed by atoms with Gasteiger partial charge in [-0.25, -0.2) is 13.2 Å². The zero-order chi connectivity index (χ0) is 21.2. The van der Waals surface area contributed by atoms with Crippen molar-refractivity contribution in [2.45, 2.75) is 38.5 Å². The van der Waals surface area contributed by atoms with Crippen LogP contribution in [0.5, 0.6) is 0 Å². The lowest BCUT2D eigenvalue weighted by atomic mass is 10.1. The molecule has 0 bridgehead atoms. The Morgan fingerprint density at radius 3 is 2.55 bits per heavy atom. The predicted octanol–water partition coefficient (Wildman–Crippen LogP) is 3.27. The molecule has 0 atom stereocenters. The number of hydrogen-bond donors (Lipinski definition) is 1. The summed E-state index contributed by atoms with van der Waals surface area (Å²) >= 11 is 0. The molecule has 0 saturated heterocycles. The van der Waals surface area contributed by atoms with Gasteiger partial charge < -0.3 is 9.64 Å². The van der Waals surface area contributed by atoms with Crippen molar-refractivity contribution >= 4 is 33.3 Å². The van der Waals surface area contributed by atoms with Crippen LogP contribution in [-0.4, -0.2) is 33.4 Å². The molecule has 0 spiro atoms. The van der Waals surface area contributed by atoms with E-state index < -0.39 is 16.0 Å². The van der Waals surface area contributed by atoms with Gasteiger partial charge in [-0.1, -0.05) is 6.92 Å². The van der Waals surface area contributed by atoms with Gasteiger partial charge in [0.2, 0.25) is 5.91 Å². The van der Waals surface area contributed by atoms with Crippen LogP contribution >= 0.6 is 0 Å². The number of rotatable bonds is 6. The number of carbonyl (C=O) groups excluding carboxylic acids is 2. The highest BCUT2D eigenvalue weighted by molar-refractivity contribution is 7.92. The van der Waals surface area contributed by atoms with E-state index in [0.29, 0.717) is 36.2 Å².